The molecule has 7 heteroatoms. The highest BCUT2D eigenvalue weighted by atomic mass is 32.1. The zero-order valence-corrected chi connectivity index (χ0v) is 13.3. The molecule has 3 aromatic rings. The smallest absolute Gasteiger partial charge is 0.236 e. The van der Waals surface area contributed by atoms with Crippen molar-refractivity contribution in [2.45, 2.75) is 6.54 Å². The second-order valence-corrected chi connectivity index (χ2v) is 5.63. The van der Waals surface area contributed by atoms with Crippen molar-refractivity contribution in [1.29, 1.82) is 0 Å². The highest BCUT2D eigenvalue weighted by Crippen LogP contribution is 2.23. The molecule has 0 spiro atoms. The van der Waals surface area contributed by atoms with Crippen LogP contribution >= 0.6 is 11.3 Å². The minimum absolute atomic E-state index is 0.305. The number of nitrogens with zero attached hydrogens (tertiary/aromatic N) is 2. The highest BCUT2D eigenvalue weighted by Gasteiger charge is 2.07. The van der Waals surface area contributed by atoms with Crippen LogP contribution < -0.4 is 15.8 Å². The number of aliphatic imine (C=N–C) groups is 1. The Hall–Kier alpha value is -2.80. The van der Waals surface area contributed by atoms with E-state index < -0.39 is 0 Å². The van der Waals surface area contributed by atoms with Crippen LogP contribution in [0.1, 0.15) is 5.69 Å². The standard InChI is InChI=1S/C16H16N4O2S/c1-21-13-5-2-4-11(8-13)20-16(17)18-9-12-10-22-15(19-12)14-6-3-7-23-14/h2-8,10H,9H2,1H3,(H3,17,18,20). The average Bonchev–Trinajstić information content (AvgIpc) is 3.24. The first kappa shape index (κ1) is 15.1. The lowest BCUT2D eigenvalue weighted by Crippen LogP contribution is -2.22. The van der Waals surface area contributed by atoms with Crippen LogP contribution in [0, 0.1) is 0 Å². The molecule has 0 aliphatic rings. The summed E-state index contributed by atoms with van der Waals surface area (Å²) in [6, 6.07) is 11.4. The van der Waals surface area contributed by atoms with E-state index in [0.717, 1.165) is 22.0 Å². The van der Waals surface area contributed by atoms with E-state index in [2.05, 4.69) is 15.3 Å². The van der Waals surface area contributed by atoms with E-state index >= 15 is 0 Å². The van der Waals surface area contributed by atoms with Crippen molar-refractivity contribution in [2.75, 3.05) is 12.4 Å². The highest BCUT2D eigenvalue weighted by molar-refractivity contribution is 7.13. The summed E-state index contributed by atoms with van der Waals surface area (Å²) in [7, 11) is 1.62. The molecule has 0 unspecified atom stereocenters. The molecular formula is C16H16N4O2S. The fourth-order valence-electron chi connectivity index (χ4n) is 1.95. The Morgan fingerprint density at radius 1 is 1.39 bits per heavy atom. The van der Waals surface area contributed by atoms with Crippen LogP contribution in [0.4, 0.5) is 5.69 Å². The zero-order valence-electron chi connectivity index (χ0n) is 12.5. The van der Waals surface area contributed by atoms with Gasteiger partial charge in [0, 0.05) is 11.8 Å². The number of ether oxygens (including phenoxy) is 1. The number of hydrogen-bond donors (Lipinski definition) is 2. The minimum Gasteiger partial charge on any atom is -0.497 e. The number of nitrogens with two attached hydrogens (primary N) is 1. The molecule has 3 rings (SSSR count). The molecule has 0 aliphatic carbocycles. The van der Waals surface area contributed by atoms with Gasteiger partial charge in [-0.15, -0.1) is 11.3 Å². The fraction of sp³-hybridized carbons (Fsp3) is 0.125. The van der Waals surface area contributed by atoms with Crippen molar-refractivity contribution in [3.8, 4) is 16.5 Å². The van der Waals surface area contributed by atoms with E-state index in [9.17, 15) is 0 Å². The molecule has 3 N–H and O–H groups in total. The Labute approximate surface area is 137 Å². The third-order valence-electron chi connectivity index (χ3n) is 3.04. The van der Waals surface area contributed by atoms with Crippen molar-refractivity contribution >= 4 is 23.0 Å². The molecule has 118 valence electrons. The van der Waals surface area contributed by atoms with Crippen LogP contribution in [0.2, 0.25) is 0 Å². The zero-order chi connectivity index (χ0) is 16.1. The van der Waals surface area contributed by atoms with Gasteiger partial charge in [-0.2, -0.15) is 0 Å². The average molecular weight is 328 g/mol. The number of nitrogens with one attached hydrogen (secondary N) is 1. The summed E-state index contributed by atoms with van der Waals surface area (Å²) in [6.07, 6.45) is 1.59. The van der Waals surface area contributed by atoms with Crippen molar-refractivity contribution in [1.82, 2.24) is 4.98 Å². The van der Waals surface area contributed by atoms with Gasteiger partial charge in [-0.05, 0) is 23.6 Å². The molecule has 0 fully saturated rings. The summed E-state index contributed by atoms with van der Waals surface area (Å²) >= 11 is 1.58. The normalized spacial score (nSPS) is 11.4. The second kappa shape index (κ2) is 6.97. The van der Waals surface area contributed by atoms with Crippen molar-refractivity contribution in [3.05, 3.63) is 53.7 Å². The number of benzene rings is 1. The van der Waals surface area contributed by atoms with E-state index in [0.29, 0.717) is 18.4 Å². The summed E-state index contributed by atoms with van der Waals surface area (Å²) in [6.45, 7) is 0.345. The first-order chi connectivity index (χ1) is 11.2. The number of oxazole rings is 1. The number of rotatable bonds is 5. The van der Waals surface area contributed by atoms with Gasteiger partial charge in [0.15, 0.2) is 5.96 Å². The predicted molar refractivity (Wildman–Crippen MR) is 91.8 cm³/mol. The maximum absolute atomic E-state index is 5.89. The quantitative estimate of drug-likeness (QED) is 0.554. The van der Waals surface area contributed by atoms with Crippen LogP contribution in [0.25, 0.3) is 10.8 Å². The summed E-state index contributed by atoms with van der Waals surface area (Å²) in [5.74, 6) is 1.66. The van der Waals surface area contributed by atoms with Crippen LogP contribution in [0.5, 0.6) is 5.75 Å². The first-order valence-corrected chi connectivity index (χ1v) is 7.82. The monoisotopic (exact) mass is 328 g/mol. The summed E-state index contributed by atoms with van der Waals surface area (Å²) in [4.78, 5) is 9.64. The van der Waals surface area contributed by atoms with Crippen LogP contribution in [-0.2, 0) is 6.54 Å². The number of aromatic nitrogens is 1. The largest absolute Gasteiger partial charge is 0.497 e. The Morgan fingerprint density at radius 2 is 2.30 bits per heavy atom. The molecule has 23 heavy (non-hydrogen) atoms. The molecule has 6 nitrogen and oxygen atoms in total. The Balaban J connectivity index is 1.63. The predicted octanol–water partition coefficient (Wildman–Crippen LogP) is 3.34. The van der Waals surface area contributed by atoms with Gasteiger partial charge in [0.2, 0.25) is 5.89 Å². The molecule has 0 radical (unpaired) electrons. The van der Waals surface area contributed by atoms with Crippen molar-refractivity contribution in [3.63, 3.8) is 0 Å². The molecule has 1 aromatic carbocycles. The summed E-state index contributed by atoms with van der Waals surface area (Å²) in [5.41, 5.74) is 7.42. The van der Waals surface area contributed by atoms with E-state index in [1.807, 2.05) is 41.8 Å². The van der Waals surface area contributed by atoms with E-state index in [1.165, 1.54) is 0 Å². The molecule has 0 amide bonds. The lowest BCUT2D eigenvalue weighted by Gasteiger charge is -2.06. The number of hydrogen-bond acceptors (Lipinski definition) is 5. The van der Waals surface area contributed by atoms with Gasteiger partial charge in [-0.3, -0.25) is 0 Å². The van der Waals surface area contributed by atoms with Crippen LogP contribution in [-0.4, -0.2) is 18.1 Å². The van der Waals surface area contributed by atoms with E-state index in [1.54, 1.807) is 24.7 Å². The van der Waals surface area contributed by atoms with Crippen molar-refractivity contribution in [2.24, 2.45) is 10.7 Å². The molecule has 0 saturated heterocycles. The minimum atomic E-state index is 0.305. The first-order valence-electron chi connectivity index (χ1n) is 6.94. The Bertz CT molecular complexity index is 796. The van der Waals surface area contributed by atoms with Crippen LogP contribution in [0.15, 0.2) is 57.5 Å². The lowest BCUT2D eigenvalue weighted by atomic mass is 10.3. The van der Waals surface area contributed by atoms with Gasteiger partial charge in [-0.1, -0.05) is 12.1 Å². The number of guanidine groups is 1. The second-order valence-electron chi connectivity index (χ2n) is 4.68. The number of thiophene rings is 1. The number of methoxy groups -OCH3 is 1. The van der Waals surface area contributed by atoms with Crippen molar-refractivity contribution < 1.29 is 9.15 Å². The maximum Gasteiger partial charge on any atom is 0.236 e. The molecular weight excluding hydrogens is 312 g/mol. The third-order valence-corrected chi connectivity index (χ3v) is 3.90. The molecule has 0 bridgehead atoms. The van der Waals surface area contributed by atoms with Gasteiger partial charge in [0.1, 0.15) is 17.7 Å². The van der Waals surface area contributed by atoms with Gasteiger partial charge >= 0.3 is 0 Å². The van der Waals surface area contributed by atoms with Gasteiger partial charge in [-0.25, -0.2) is 9.98 Å². The van der Waals surface area contributed by atoms with Gasteiger partial charge < -0.3 is 20.2 Å². The van der Waals surface area contributed by atoms with Gasteiger partial charge in [0.05, 0.1) is 18.5 Å². The molecule has 2 aromatic heterocycles. The topological polar surface area (TPSA) is 85.7 Å². The molecule has 2 heterocycles. The van der Waals surface area contributed by atoms with Gasteiger partial charge in [0.25, 0.3) is 0 Å². The molecule has 0 aliphatic heterocycles. The Kier molecular flexibility index (Phi) is 4.58. The lowest BCUT2D eigenvalue weighted by molar-refractivity contribution is 0.415. The number of anilines is 1. The third kappa shape index (κ3) is 3.89. The maximum atomic E-state index is 5.89. The Morgan fingerprint density at radius 3 is 3.09 bits per heavy atom. The summed E-state index contributed by atoms with van der Waals surface area (Å²) in [5, 5.41) is 4.99. The summed E-state index contributed by atoms with van der Waals surface area (Å²) < 4.78 is 10.6. The van der Waals surface area contributed by atoms with E-state index in [-0.39, 0.29) is 0 Å². The fourth-order valence-corrected chi connectivity index (χ4v) is 2.60. The van der Waals surface area contributed by atoms with E-state index in [4.69, 9.17) is 14.9 Å². The molecule has 0 saturated carbocycles. The van der Waals surface area contributed by atoms with Crippen LogP contribution in [0.3, 0.4) is 0 Å². The SMILES string of the molecule is COc1cccc(NC(N)=NCc2coc(-c3cccs3)n2)c1. The molecule has 0 atom stereocenters.